The molecule has 0 heterocycles. The summed E-state index contributed by atoms with van der Waals surface area (Å²) < 4.78 is 39.2. The van der Waals surface area contributed by atoms with E-state index in [0.29, 0.717) is 6.07 Å². The molecule has 0 aliphatic rings. The Labute approximate surface area is 104 Å². The minimum atomic E-state index is -4.95. The smallest absolute Gasteiger partial charge is 0.507 e. The number of alkyl halides is 3. The molecule has 6 nitrogen and oxygen atoms in total. The molecule has 0 aliphatic carbocycles. The van der Waals surface area contributed by atoms with Gasteiger partial charge in [0.05, 0.1) is 0 Å². The van der Waals surface area contributed by atoms with Crippen molar-refractivity contribution in [3.05, 3.63) is 23.8 Å². The highest BCUT2D eigenvalue weighted by Gasteiger charge is 2.32. The first-order valence-corrected chi connectivity index (χ1v) is 4.79. The van der Waals surface area contributed by atoms with E-state index in [9.17, 15) is 28.2 Å². The van der Waals surface area contributed by atoms with Crippen LogP contribution in [0.4, 0.5) is 13.2 Å². The first-order valence-electron chi connectivity index (χ1n) is 4.79. The number of aliphatic hydroxyl groups excluding tert-OH is 2. The van der Waals surface area contributed by atoms with Crippen LogP contribution in [0.3, 0.4) is 0 Å². The standard InChI is InChI=1S/C10H9F3O6/c11-10(12,13)19-4-1-2-5(6(14)3-4)7(15)8(16)9(17)18/h1-3,7-8,14-16H,(H,17,18). The lowest BCUT2D eigenvalue weighted by Crippen LogP contribution is -2.27. The second-order valence-electron chi connectivity index (χ2n) is 3.50. The van der Waals surface area contributed by atoms with Gasteiger partial charge in [-0.15, -0.1) is 13.2 Å². The van der Waals surface area contributed by atoms with Crippen molar-refractivity contribution in [2.75, 3.05) is 0 Å². The molecule has 0 spiro atoms. The van der Waals surface area contributed by atoms with E-state index in [1.807, 2.05) is 0 Å². The molecule has 2 unspecified atom stereocenters. The minimum Gasteiger partial charge on any atom is -0.507 e. The van der Waals surface area contributed by atoms with Crippen LogP contribution in [0.1, 0.15) is 11.7 Å². The fraction of sp³-hybridized carbons (Fsp3) is 0.300. The molecule has 0 fully saturated rings. The van der Waals surface area contributed by atoms with Crippen LogP contribution in [-0.4, -0.2) is 38.9 Å². The summed E-state index contributed by atoms with van der Waals surface area (Å²) in [7, 11) is 0. The van der Waals surface area contributed by atoms with Gasteiger partial charge in [-0.2, -0.15) is 0 Å². The second-order valence-corrected chi connectivity index (χ2v) is 3.50. The first kappa shape index (κ1) is 15.1. The Morgan fingerprint density at radius 2 is 1.84 bits per heavy atom. The third-order valence-corrected chi connectivity index (χ3v) is 2.11. The molecule has 1 aromatic rings. The number of carbonyl (C=O) groups is 1. The highest BCUT2D eigenvalue weighted by atomic mass is 19.4. The van der Waals surface area contributed by atoms with E-state index < -0.39 is 41.6 Å². The Hall–Kier alpha value is -2.00. The van der Waals surface area contributed by atoms with E-state index >= 15 is 0 Å². The molecule has 1 rings (SSSR count). The number of ether oxygens (including phenoxy) is 1. The van der Waals surface area contributed by atoms with Crippen LogP contribution in [0, 0.1) is 0 Å². The third-order valence-electron chi connectivity index (χ3n) is 2.11. The average molecular weight is 282 g/mol. The summed E-state index contributed by atoms with van der Waals surface area (Å²) in [6, 6.07) is 2.12. The molecule has 0 saturated carbocycles. The number of phenolic OH excluding ortho intramolecular Hbond substituents is 1. The number of aromatic hydroxyl groups is 1. The second kappa shape index (κ2) is 5.33. The number of hydrogen-bond acceptors (Lipinski definition) is 5. The first-order chi connectivity index (χ1) is 8.61. The quantitative estimate of drug-likeness (QED) is 0.649. The number of benzene rings is 1. The number of rotatable bonds is 4. The number of hydrogen-bond donors (Lipinski definition) is 4. The van der Waals surface area contributed by atoms with E-state index in [1.165, 1.54) is 0 Å². The van der Waals surface area contributed by atoms with Crippen molar-refractivity contribution in [3.8, 4) is 11.5 Å². The van der Waals surface area contributed by atoms with Crippen LogP contribution >= 0.6 is 0 Å². The van der Waals surface area contributed by atoms with Crippen molar-refractivity contribution < 1.29 is 43.1 Å². The maximum atomic E-state index is 11.9. The van der Waals surface area contributed by atoms with Gasteiger partial charge in [0.15, 0.2) is 6.10 Å². The Morgan fingerprint density at radius 3 is 2.26 bits per heavy atom. The van der Waals surface area contributed by atoms with Crippen LogP contribution in [0.5, 0.6) is 11.5 Å². The number of aliphatic carboxylic acids is 1. The van der Waals surface area contributed by atoms with Crippen molar-refractivity contribution in [1.29, 1.82) is 0 Å². The Morgan fingerprint density at radius 1 is 1.26 bits per heavy atom. The third kappa shape index (κ3) is 4.00. The predicted molar refractivity (Wildman–Crippen MR) is 53.4 cm³/mol. The summed E-state index contributed by atoms with van der Waals surface area (Å²) in [6.45, 7) is 0. The van der Waals surface area contributed by atoms with Crippen LogP contribution < -0.4 is 4.74 Å². The largest absolute Gasteiger partial charge is 0.573 e. The average Bonchev–Trinajstić information content (AvgIpc) is 2.25. The maximum Gasteiger partial charge on any atom is 0.573 e. The van der Waals surface area contributed by atoms with Crippen molar-refractivity contribution in [3.63, 3.8) is 0 Å². The van der Waals surface area contributed by atoms with E-state index in [-0.39, 0.29) is 0 Å². The lowest BCUT2D eigenvalue weighted by molar-refractivity contribution is -0.274. The normalized spacial score (nSPS) is 14.8. The molecule has 1 aromatic carbocycles. The van der Waals surface area contributed by atoms with E-state index in [4.69, 9.17) is 10.2 Å². The Bertz CT molecular complexity index is 473. The van der Waals surface area contributed by atoms with Gasteiger partial charge in [-0.1, -0.05) is 0 Å². The van der Waals surface area contributed by atoms with Gasteiger partial charge >= 0.3 is 12.3 Å². The van der Waals surface area contributed by atoms with Crippen LogP contribution in [0.15, 0.2) is 18.2 Å². The topological polar surface area (TPSA) is 107 Å². The van der Waals surface area contributed by atoms with Crippen LogP contribution in [0.25, 0.3) is 0 Å². The summed E-state index contributed by atoms with van der Waals surface area (Å²) >= 11 is 0. The summed E-state index contributed by atoms with van der Waals surface area (Å²) in [6.07, 6.45) is -9.16. The molecule has 0 aliphatic heterocycles. The summed E-state index contributed by atoms with van der Waals surface area (Å²) in [5, 5.41) is 36.3. The lowest BCUT2D eigenvalue weighted by atomic mass is 10.0. The molecule has 9 heteroatoms. The summed E-state index contributed by atoms with van der Waals surface area (Å²) in [5.41, 5.74) is -0.440. The molecule has 4 N–H and O–H groups in total. The van der Waals surface area contributed by atoms with Crippen molar-refractivity contribution in [2.24, 2.45) is 0 Å². The Balaban J connectivity index is 2.97. The number of aliphatic hydroxyl groups is 2. The zero-order chi connectivity index (χ0) is 14.8. The fourth-order valence-electron chi connectivity index (χ4n) is 1.28. The van der Waals surface area contributed by atoms with Gasteiger partial charge in [-0.25, -0.2) is 4.79 Å². The van der Waals surface area contributed by atoms with Crippen molar-refractivity contribution in [1.82, 2.24) is 0 Å². The van der Waals surface area contributed by atoms with Gasteiger partial charge in [0.1, 0.15) is 17.6 Å². The number of carboxylic acids is 1. The number of halogens is 3. The molecule has 0 saturated heterocycles. The van der Waals surface area contributed by atoms with E-state index in [1.54, 1.807) is 0 Å². The van der Waals surface area contributed by atoms with Crippen molar-refractivity contribution >= 4 is 5.97 Å². The summed E-state index contributed by atoms with van der Waals surface area (Å²) in [5.74, 6) is -3.33. The molecule has 0 amide bonds. The molecule has 19 heavy (non-hydrogen) atoms. The molecular weight excluding hydrogens is 273 g/mol. The SMILES string of the molecule is O=C(O)C(O)C(O)c1ccc(OC(F)(F)F)cc1O. The highest BCUT2D eigenvalue weighted by Crippen LogP contribution is 2.32. The molecule has 0 aromatic heterocycles. The van der Waals surface area contributed by atoms with Crippen LogP contribution in [0.2, 0.25) is 0 Å². The highest BCUT2D eigenvalue weighted by molar-refractivity contribution is 5.73. The molecular formula is C10H9F3O6. The number of carboxylic acid groups (broad SMARTS) is 1. The van der Waals surface area contributed by atoms with Gasteiger partial charge in [0.25, 0.3) is 0 Å². The summed E-state index contributed by atoms with van der Waals surface area (Å²) in [4.78, 5) is 10.4. The maximum absolute atomic E-state index is 11.9. The lowest BCUT2D eigenvalue weighted by Gasteiger charge is -2.16. The van der Waals surface area contributed by atoms with E-state index in [2.05, 4.69) is 4.74 Å². The minimum absolute atomic E-state index is 0.440. The van der Waals surface area contributed by atoms with Crippen LogP contribution in [-0.2, 0) is 4.79 Å². The molecule has 106 valence electrons. The van der Waals surface area contributed by atoms with Gasteiger partial charge in [-0.3, -0.25) is 0 Å². The van der Waals surface area contributed by atoms with Gasteiger partial charge in [0.2, 0.25) is 0 Å². The van der Waals surface area contributed by atoms with Gasteiger partial charge in [-0.05, 0) is 12.1 Å². The molecule has 2 atom stereocenters. The zero-order valence-electron chi connectivity index (χ0n) is 9.13. The zero-order valence-corrected chi connectivity index (χ0v) is 9.13. The number of phenols is 1. The van der Waals surface area contributed by atoms with E-state index in [0.717, 1.165) is 12.1 Å². The van der Waals surface area contributed by atoms with Gasteiger partial charge < -0.3 is 25.2 Å². The molecule has 0 radical (unpaired) electrons. The monoisotopic (exact) mass is 282 g/mol. The van der Waals surface area contributed by atoms with Crippen molar-refractivity contribution in [2.45, 2.75) is 18.6 Å². The fourth-order valence-corrected chi connectivity index (χ4v) is 1.28. The van der Waals surface area contributed by atoms with Gasteiger partial charge in [0, 0.05) is 11.6 Å². The Kier molecular flexibility index (Phi) is 4.22. The molecule has 0 bridgehead atoms. The predicted octanol–water partition coefficient (Wildman–Crippen LogP) is 0.770.